The zero-order chi connectivity index (χ0) is 15.8. The highest BCUT2D eigenvalue weighted by molar-refractivity contribution is 7.16. The molecular weight excluding hydrogens is 296 g/mol. The van der Waals surface area contributed by atoms with Crippen LogP contribution in [0.5, 0.6) is 5.75 Å². The summed E-state index contributed by atoms with van der Waals surface area (Å²) in [6, 6.07) is 12.0. The molecule has 0 bridgehead atoms. The third-order valence-electron chi connectivity index (χ3n) is 3.13. The molecule has 0 saturated carbocycles. The van der Waals surface area contributed by atoms with E-state index in [0.29, 0.717) is 6.61 Å². The number of benzene rings is 1. The summed E-state index contributed by atoms with van der Waals surface area (Å²) in [5.74, 6) is 0.558. The molecule has 0 atom stereocenters. The molecule has 0 N–H and O–H groups in total. The fourth-order valence-corrected chi connectivity index (χ4v) is 2.78. The molecule has 0 spiro atoms. The highest BCUT2D eigenvalue weighted by Crippen LogP contribution is 2.30. The fourth-order valence-electron chi connectivity index (χ4n) is 1.87. The minimum Gasteiger partial charge on any atom is -0.497 e. The van der Waals surface area contributed by atoms with Gasteiger partial charge in [0.1, 0.15) is 5.75 Å². The number of esters is 1. The molecule has 4 heteroatoms. The number of carbonyl (C=O) groups excluding carboxylic acids is 1. The molecule has 1 aromatic heterocycles. The summed E-state index contributed by atoms with van der Waals surface area (Å²) in [6.45, 7) is 2.55. The molecule has 1 aromatic carbocycles. The normalized spacial score (nSPS) is 10.8. The lowest BCUT2D eigenvalue weighted by atomic mass is 10.2. The van der Waals surface area contributed by atoms with Gasteiger partial charge in [-0.15, -0.1) is 11.3 Å². The summed E-state index contributed by atoms with van der Waals surface area (Å²) in [6.07, 6.45) is 5.21. The molecule has 0 unspecified atom stereocenters. The van der Waals surface area contributed by atoms with Crippen LogP contribution in [0, 0.1) is 0 Å². The summed E-state index contributed by atoms with van der Waals surface area (Å²) in [5, 5.41) is 0. The molecule has 0 aliphatic carbocycles. The van der Waals surface area contributed by atoms with E-state index in [1.165, 1.54) is 6.08 Å². The molecule has 22 heavy (non-hydrogen) atoms. The van der Waals surface area contributed by atoms with Crippen LogP contribution in [0.3, 0.4) is 0 Å². The number of thiophene rings is 1. The second kappa shape index (κ2) is 8.39. The number of ether oxygens (including phenoxy) is 2. The zero-order valence-corrected chi connectivity index (χ0v) is 13.7. The lowest BCUT2D eigenvalue weighted by Gasteiger charge is -2.00. The van der Waals surface area contributed by atoms with Crippen molar-refractivity contribution < 1.29 is 14.3 Å². The van der Waals surface area contributed by atoms with Crippen LogP contribution in [-0.4, -0.2) is 19.7 Å². The highest BCUT2D eigenvalue weighted by atomic mass is 32.1. The van der Waals surface area contributed by atoms with Gasteiger partial charge in [-0.1, -0.05) is 13.3 Å². The maximum Gasteiger partial charge on any atom is 0.330 e. The second-order valence-corrected chi connectivity index (χ2v) is 5.90. The molecule has 116 valence electrons. The Bertz CT molecular complexity index is 626. The van der Waals surface area contributed by atoms with Crippen molar-refractivity contribution in [3.05, 3.63) is 47.4 Å². The first-order valence-electron chi connectivity index (χ1n) is 7.32. The Morgan fingerprint density at radius 1 is 1.18 bits per heavy atom. The number of rotatable bonds is 7. The molecule has 0 aliphatic heterocycles. The fraction of sp³-hybridized carbons (Fsp3) is 0.278. The maximum absolute atomic E-state index is 11.5. The van der Waals surface area contributed by atoms with Crippen molar-refractivity contribution in [3.8, 4) is 16.2 Å². The Morgan fingerprint density at radius 3 is 2.64 bits per heavy atom. The Balaban J connectivity index is 1.97. The zero-order valence-electron chi connectivity index (χ0n) is 12.9. The van der Waals surface area contributed by atoms with Crippen molar-refractivity contribution in [1.29, 1.82) is 0 Å². The summed E-state index contributed by atoms with van der Waals surface area (Å²) < 4.78 is 10.2. The van der Waals surface area contributed by atoms with Crippen LogP contribution in [-0.2, 0) is 9.53 Å². The van der Waals surface area contributed by atoms with Crippen LogP contribution in [0.2, 0.25) is 0 Å². The van der Waals surface area contributed by atoms with Gasteiger partial charge in [-0.3, -0.25) is 0 Å². The third-order valence-corrected chi connectivity index (χ3v) is 4.23. The molecule has 2 aromatic rings. The van der Waals surface area contributed by atoms with Crippen LogP contribution in [0.15, 0.2) is 42.5 Å². The van der Waals surface area contributed by atoms with Gasteiger partial charge in [0.2, 0.25) is 0 Å². The lowest BCUT2D eigenvalue weighted by Crippen LogP contribution is -2.01. The van der Waals surface area contributed by atoms with Gasteiger partial charge in [0.25, 0.3) is 0 Å². The van der Waals surface area contributed by atoms with E-state index in [4.69, 9.17) is 9.47 Å². The molecule has 2 rings (SSSR count). The summed E-state index contributed by atoms with van der Waals surface area (Å²) in [7, 11) is 1.66. The number of methoxy groups -OCH3 is 1. The van der Waals surface area contributed by atoms with E-state index in [1.54, 1.807) is 24.5 Å². The van der Waals surface area contributed by atoms with Crippen molar-refractivity contribution in [1.82, 2.24) is 0 Å². The van der Waals surface area contributed by atoms with Crippen molar-refractivity contribution >= 4 is 23.4 Å². The van der Waals surface area contributed by atoms with Gasteiger partial charge in [0, 0.05) is 15.8 Å². The molecule has 0 radical (unpaired) electrons. The van der Waals surface area contributed by atoms with E-state index in [9.17, 15) is 4.79 Å². The van der Waals surface area contributed by atoms with Gasteiger partial charge >= 0.3 is 5.97 Å². The van der Waals surface area contributed by atoms with Crippen LogP contribution in [0.25, 0.3) is 16.5 Å². The van der Waals surface area contributed by atoms with Gasteiger partial charge < -0.3 is 9.47 Å². The number of unbranched alkanes of at least 4 members (excludes halogenated alkanes) is 1. The quantitative estimate of drug-likeness (QED) is 0.419. The molecule has 1 heterocycles. The first kappa shape index (κ1) is 16.3. The van der Waals surface area contributed by atoms with Gasteiger partial charge in [-0.2, -0.15) is 0 Å². The Morgan fingerprint density at radius 2 is 1.95 bits per heavy atom. The molecule has 0 saturated heterocycles. The van der Waals surface area contributed by atoms with E-state index in [-0.39, 0.29) is 5.97 Å². The average Bonchev–Trinajstić information content (AvgIpc) is 3.02. The first-order chi connectivity index (χ1) is 10.7. The van der Waals surface area contributed by atoms with Crippen molar-refractivity contribution in [2.45, 2.75) is 19.8 Å². The smallest absolute Gasteiger partial charge is 0.330 e. The standard InChI is InChI=1S/C18H20O3S/c1-3-4-13-21-18(19)12-10-16-9-11-17(22-16)14-5-7-15(20-2)8-6-14/h5-12H,3-4,13H2,1-2H3/b12-10+. The highest BCUT2D eigenvalue weighted by Gasteiger charge is 2.03. The minimum absolute atomic E-state index is 0.284. The maximum atomic E-state index is 11.5. The Labute approximate surface area is 135 Å². The average molecular weight is 316 g/mol. The SMILES string of the molecule is CCCCOC(=O)/C=C/c1ccc(-c2ccc(OC)cc2)s1. The number of carbonyl (C=O) groups is 1. The first-order valence-corrected chi connectivity index (χ1v) is 8.13. The monoisotopic (exact) mass is 316 g/mol. The second-order valence-electron chi connectivity index (χ2n) is 4.78. The molecule has 0 aliphatic rings. The van der Waals surface area contributed by atoms with Crippen molar-refractivity contribution in [2.24, 2.45) is 0 Å². The van der Waals surface area contributed by atoms with Crippen molar-refractivity contribution in [2.75, 3.05) is 13.7 Å². The Kier molecular flexibility index (Phi) is 6.22. The van der Waals surface area contributed by atoms with Gasteiger partial charge in [-0.25, -0.2) is 4.79 Å². The van der Waals surface area contributed by atoms with Gasteiger partial charge in [-0.05, 0) is 54.5 Å². The van der Waals surface area contributed by atoms with Crippen LogP contribution >= 0.6 is 11.3 Å². The molecule has 0 fully saturated rings. The van der Waals surface area contributed by atoms with Crippen molar-refractivity contribution in [3.63, 3.8) is 0 Å². The number of hydrogen-bond acceptors (Lipinski definition) is 4. The lowest BCUT2D eigenvalue weighted by molar-refractivity contribution is -0.137. The van der Waals surface area contributed by atoms with Gasteiger partial charge in [0.05, 0.1) is 13.7 Å². The van der Waals surface area contributed by atoms with E-state index in [2.05, 4.69) is 13.0 Å². The van der Waals surface area contributed by atoms with Crippen LogP contribution in [0.4, 0.5) is 0 Å². The topological polar surface area (TPSA) is 35.5 Å². The summed E-state index contributed by atoms with van der Waals surface area (Å²) in [4.78, 5) is 13.7. The molecule has 3 nitrogen and oxygen atoms in total. The van der Waals surface area contributed by atoms with E-state index in [1.807, 2.05) is 30.3 Å². The Hall–Kier alpha value is -2.07. The van der Waals surface area contributed by atoms with E-state index < -0.39 is 0 Å². The molecular formula is C18H20O3S. The minimum atomic E-state index is -0.284. The predicted octanol–water partition coefficient (Wildman–Crippen LogP) is 4.78. The van der Waals surface area contributed by atoms with E-state index >= 15 is 0 Å². The van der Waals surface area contributed by atoms with E-state index in [0.717, 1.165) is 33.9 Å². The van der Waals surface area contributed by atoms with Gasteiger partial charge in [0.15, 0.2) is 0 Å². The van der Waals surface area contributed by atoms with Crippen LogP contribution in [0.1, 0.15) is 24.6 Å². The van der Waals surface area contributed by atoms with Crippen LogP contribution < -0.4 is 4.74 Å². The predicted molar refractivity (Wildman–Crippen MR) is 91.2 cm³/mol. The largest absolute Gasteiger partial charge is 0.497 e. The summed E-state index contributed by atoms with van der Waals surface area (Å²) in [5.41, 5.74) is 1.14. The third kappa shape index (κ3) is 4.74. The molecule has 0 amide bonds. The summed E-state index contributed by atoms with van der Waals surface area (Å²) >= 11 is 1.63. The number of hydrogen-bond donors (Lipinski definition) is 0.